The lowest BCUT2D eigenvalue weighted by molar-refractivity contribution is 0.459. The fraction of sp³-hybridized carbons (Fsp3) is 0.400. The fourth-order valence-electron chi connectivity index (χ4n) is 1.45. The van der Waals surface area contributed by atoms with Gasteiger partial charge in [-0.1, -0.05) is 12.1 Å². The first-order chi connectivity index (χ1) is 7.85. The maximum Gasteiger partial charge on any atom is 0.163 e. The van der Waals surface area contributed by atoms with Gasteiger partial charge in [-0.25, -0.2) is 17.2 Å². The maximum absolute atomic E-state index is 13.4. The van der Waals surface area contributed by atoms with E-state index in [-0.39, 0.29) is 17.7 Å². The molecule has 4 nitrogen and oxygen atoms in total. The van der Waals surface area contributed by atoms with Gasteiger partial charge in [0.25, 0.3) is 0 Å². The molecule has 0 saturated heterocycles. The molecule has 0 aliphatic rings. The van der Waals surface area contributed by atoms with Crippen molar-refractivity contribution in [3.05, 3.63) is 35.4 Å². The molecular weight excluding hydrogens is 250 g/mol. The van der Waals surface area contributed by atoms with Crippen molar-refractivity contribution < 1.29 is 17.2 Å². The highest BCUT2D eigenvalue weighted by Gasteiger charge is 2.18. The van der Waals surface area contributed by atoms with Crippen LogP contribution < -0.4 is 11.3 Å². The second-order valence-electron chi connectivity index (χ2n) is 3.78. The Labute approximate surface area is 98.7 Å². The summed E-state index contributed by atoms with van der Waals surface area (Å²) in [5, 5.41) is 0. The molecule has 1 aromatic rings. The Morgan fingerprint density at radius 3 is 2.59 bits per heavy atom. The summed E-state index contributed by atoms with van der Waals surface area (Å²) >= 11 is 0. The zero-order valence-electron chi connectivity index (χ0n) is 9.28. The Balaban J connectivity index is 2.90. The molecule has 96 valence electrons. The summed E-state index contributed by atoms with van der Waals surface area (Å²) in [7, 11) is -3.17. The second-order valence-corrected chi connectivity index (χ2v) is 6.04. The van der Waals surface area contributed by atoms with E-state index in [9.17, 15) is 17.2 Å². The molecule has 0 aromatic heterocycles. The van der Waals surface area contributed by atoms with Crippen molar-refractivity contribution in [3.8, 4) is 0 Å². The van der Waals surface area contributed by atoms with E-state index >= 15 is 0 Å². The lowest BCUT2D eigenvalue weighted by atomic mass is 10.0. The van der Waals surface area contributed by atoms with Crippen molar-refractivity contribution in [1.29, 1.82) is 0 Å². The lowest BCUT2D eigenvalue weighted by Crippen LogP contribution is -2.30. The summed E-state index contributed by atoms with van der Waals surface area (Å²) in [6, 6.07) is 2.97. The topological polar surface area (TPSA) is 72.2 Å². The average Bonchev–Trinajstić information content (AvgIpc) is 2.23. The largest absolute Gasteiger partial charge is 0.271 e. The molecular formula is C10H14F2N2O2S. The molecule has 0 aliphatic carbocycles. The van der Waals surface area contributed by atoms with Gasteiger partial charge in [-0.2, -0.15) is 0 Å². The van der Waals surface area contributed by atoms with Gasteiger partial charge in [-0.3, -0.25) is 11.3 Å². The quantitative estimate of drug-likeness (QED) is 0.612. The van der Waals surface area contributed by atoms with Crippen LogP contribution in [0.2, 0.25) is 0 Å². The summed E-state index contributed by atoms with van der Waals surface area (Å²) in [5.74, 6) is 3.07. The molecule has 3 N–H and O–H groups in total. The van der Waals surface area contributed by atoms with Crippen molar-refractivity contribution in [2.24, 2.45) is 5.84 Å². The molecule has 0 heterocycles. The van der Waals surface area contributed by atoms with Gasteiger partial charge in [-0.05, 0) is 12.5 Å². The fourth-order valence-corrected chi connectivity index (χ4v) is 2.11. The first-order valence-corrected chi connectivity index (χ1v) is 6.99. The number of nitrogens with two attached hydrogens (primary N) is 1. The third-order valence-corrected chi connectivity index (χ3v) is 3.31. The summed E-state index contributed by atoms with van der Waals surface area (Å²) in [4.78, 5) is 0. The van der Waals surface area contributed by atoms with Crippen LogP contribution in [0, 0.1) is 11.6 Å². The molecule has 0 fully saturated rings. The highest BCUT2D eigenvalue weighted by atomic mass is 32.2. The molecule has 7 heteroatoms. The number of benzene rings is 1. The zero-order valence-corrected chi connectivity index (χ0v) is 10.1. The molecule has 0 radical (unpaired) electrons. The zero-order chi connectivity index (χ0) is 13.1. The smallest absolute Gasteiger partial charge is 0.163 e. The first kappa shape index (κ1) is 14.0. The number of halogens is 2. The van der Waals surface area contributed by atoms with E-state index in [0.29, 0.717) is 0 Å². The summed E-state index contributed by atoms with van der Waals surface area (Å²) in [6.45, 7) is 0. The van der Waals surface area contributed by atoms with E-state index in [4.69, 9.17) is 5.84 Å². The molecule has 0 aliphatic heterocycles. The van der Waals surface area contributed by atoms with E-state index in [0.717, 1.165) is 12.3 Å². The lowest BCUT2D eigenvalue weighted by Gasteiger charge is -2.16. The van der Waals surface area contributed by atoms with Crippen LogP contribution in [0.1, 0.15) is 18.0 Å². The Morgan fingerprint density at radius 2 is 2.06 bits per heavy atom. The third kappa shape index (κ3) is 4.03. The molecule has 0 amide bonds. The maximum atomic E-state index is 13.4. The minimum absolute atomic E-state index is 0.0242. The number of hydrogen-bond acceptors (Lipinski definition) is 4. The Hall–Kier alpha value is -1.05. The van der Waals surface area contributed by atoms with Gasteiger partial charge in [0.1, 0.15) is 9.84 Å². The minimum Gasteiger partial charge on any atom is -0.271 e. The molecule has 1 rings (SSSR count). The van der Waals surface area contributed by atoms with Crippen LogP contribution in [0.5, 0.6) is 0 Å². The van der Waals surface area contributed by atoms with Gasteiger partial charge in [0.2, 0.25) is 0 Å². The third-order valence-electron chi connectivity index (χ3n) is 2.34. The van der Waals surface area contributed by atoms with E-state index in [1.54, 1.807) is 0 Å². The molecule has 1 unspecified atom stereocenters. The van der Waals surface area contributed by atoms with E-state index in [1.165, 1.54) is 12.1 Å². The first-order valence-electron chi connectivity index (χ1n) is 4.93. The summed E-state index contributed by atoms with van der Waals surface area (Å²) in [5.41, 5.74) is 2.31. The van der Waals surface area contributed by atoms with E-state index in [2.05, 4.69) is 5.43 Å². The number of hydrogen-bond donors (Lipinski definition) is 2. The van der Waals surface area contributed by atoms with Gasteiger partial charge in [-0.15, -0.1) is 0 Å². The Bertz CT molecular complexity index is 491. The Morgan fingerprint density at radius 1 is 1.41 bits per heavy atom. The Kier molecular flexibility index (Phi) is 4.55. The molecule has 0 saturated carbocycles. The normalized spacial score (nSPS) is 13.6. The number of nitrogens with one attached hydrogen (secondary N) is 1. The van der Waals surface area contributed by atoms with E-state index in [1.807, 2.05) is 0 Å². The number of hydrazine groups is 1. The monoisotopic (exact) mass is 264 g/mol. The second kappa shape index (κ2) is 5.52. The predicted octanol–water partition coefficient (Wildman–Crippen LogP) is 0.904. The van der Waals surface area contributed by atoms with Crippen LogP contribution >= 0.6 is 0 Å². The highest BCUT2D eigenvalue weighted by Crippen LogP contribution is 2.21. The molecule has 17 heavy (non-hydrogen) atoms. The van der Waals surface area contributed by atoms with Crippen molar-refractivity contribution >= 4 is 9.84 Å². The highest BCUT2D eigenvalue weighted by molar-refractivity contribution is 7.90. The van der Waals surface area contributed by atoms with Crippen molar-refractivity contribution in [2.45, 2.75) is 12.5 Å². The van der Waals surface area contributed by atoms with Crippen molar-refractivity contribution in [3.63, 3.8) is 0 Å². The predicted molar refractivity (Wildman–Crippen MR) is 60.7 cm³/mol. The molecule has 0 bridgehead atoms. The van der Waals surface area contributed by atoms with Crippen LogP contribution in [0.4, 0.5) is 8.78 Å². The standard InChI is InChI=1S/C10H14F2N2O2S/c1-17(15,16)6-5-9(14-13)7-3-2-4-8(11)10(7)12/h2-4,9,14H,5-6,13H2,1H3. The van der Waals surface area contributed by atoms with Gasteiger partial charge in [0.05, 0.1) is 5.75 Å². The summed E-state index contributed by atoms with van der Waals surface area (Å²) in [6.07, 6.45) is 1.15. The van der Waals surface area contributed by atoms with Gasteiger partial charge >= 0.3 is 0 Å². The number of rotatable bonds is 5. The minimum atomic E-state index is -3.17. The average molecular weight is 264 g/mol. The number of sulfone groups is 1. The molecule has 0 spiro atoms. The van der Waals surface area contributed by atoms with Crippen molar-refractivity contribution in [1.82, 2.24) is 5.43 Å². The van der Waals surface area contributed by atoms with Crippen molar-refractivity contribution in [2.75, 3.05) is 12.0 Å². The summed E-state index contributed by atoms with van der Waals surface area (Å²) < 4.78 is 48.4. The molecule has 1 atom stereocenters. The van der Waals surface area contributed by atoms with Crippen LogP contribution in [0.15, 0.2) is 18.2 Å². The van der Waals surface area contributed by atoms with Crippen LogP contribution in [0.3, 0.4) is 0 Å². The van der Waals surface area contributed by atoms with Crippen LogP contribution in [0.25, 0.3) is 0 Å². The van der Waals surface area contributed by atoms with Crippen LogP contribution in [-0.4, -0.2) is 20.4 Å². The SMILES string of the molecule is CS(=O)(=O)CCC(NN)c1cccc(F)c1F. The van der Waals surface area contributed by atoms with E-state index < -0.39 is 27.5 Å². The molecule has 1 aromatic carbocycles. The van der Waals surface area contributed by atoms with Gasteiger partial charge in [0.15, 0.2) is 11.6 Å². The van der Waals surface area contributed by atoms with Gasteiger partial charge in [0, 0.05) is 17.9 Å². The van der Waals surface area contributed by atoms with Crippen LogP contribution in [-0.2, 0) is 9.84 Å². The van der Waals surface area contributed by atoms with Gasteiger partial charge < -0.3 is 0 Å².